The number of anilines is 1. The fourth-order valence-electron chi connectivity index (χ4n) is 7.16. The molecule has 1 amide bonds. The number of esters is 1. The van der Waals surface area contributed by atoms with Gasteiger partial charge < -0.3 is 20.5 Å². The molecule has 0 saturated carbocycles. The molecule has 0 heterocycles. The first-order valence-electron chi connectivity index (χ1n) is 18.5. The Bertz CT molecular complexity index is 2320. The molecule has 7 nitrogen and oxygen atoms in total. The van der Waals surface area contributed by atoms with Crippen molar-refractivity contribution in [3.8, 4) is 11.1 Å². The van der Waals surface area contributed by atoms with E-state index in [1.165, 1.54) is 0 Å². The Hall–Kier alpha value is -6.18. The number of hydrogen-bond donors (Lipinski definition) is 2. The van der Waals surface area contributed by atoms with Crippen molar-refractivity contribution < 1.29 is 23.9 Å². The van der Waals surface area contributed by atoms with E-state index in [0.717, 1.165) is 44.9 Å². The lowest BCUT2D eigenvalue weighted by molar-refractivity contribution is 0.0484. The molecule has 8 heteroatoms. The lowest BCUT2D eigenvalue weighted by atomic mass is 9.84. The van der Waals surface area contributed by atoms with Crippen LogP contribution >= 0.6 is 11.6 Å². The number of carbonyl (C=O) groups is 3. The van der Waals surface area contributed by atoms with Crippen LogP contribution in [0.3, 0.4) is 0 Å². The average Bonchev–Trinajstić information content (AvgIpc) is 3.51. The van der Waals surface area contributed by atoms with Gasteiger partial charge in [-0.15, -0.1) is 0 Å². The molecule has 0 aliphatic heterocycles. The number of hydrogen-bond acceptors (Lipinski definition) is 6. The van der Waals surface area contributed by atoms with Crippen LogP contribution in [0.1, 0.15) is 80.8 Å². The van der Waals surface area contributed by atoms with Gasteiger partial charge in [0.1, 0.15) is 12.2 Å². The maximum Gasteiger partial charge on any atom is 0.408 e. The Morgan fingerprint density at radius 2 is 1.25 bits per heavy atom. The minimum absolute atomic E-state index is 0.0601. The van der Waals surface area contributed by atoms with Gasteiger partial charge in [-0.25, -0.2) is 9.59 Å². The van der Waals surface area contributed by atoms with Gasteiger partial charge in [0.15, 0.2) is 5.78 Å². The standard InChI is InChI=1S/C48H42ClN2O5/c1-48(2,3)56-47(54)51-43(27-30-17-24-35(50)25-18-30)45(52)33-21-19-32(20-22-33)44(31-11-5-4-6-12-31)40-26-23-34(28-42(40)49)46(53)55-29-41-38-15-9-7-13-36(38)37-14-8-10-16-39(37)41/h4-26,28,41,43H,27,29,50H2,1-3H3,(H,51,54)/t43-/m0/s1. The van der Waals surface area contributed by atoms with Crippen molar-refractivity contribution in [2.45, 2.75) is 44.8 Å². The van der Waals surface area contributed by atoms with E-state index in [4.69, 9.17) is 26.8 Å². The Morgan fingerprint density at radius 1 is 0.696 bits per heavy atom. The summed E-state index contributed by atoms with van der Waals surface area (Å²) in [6, 6.07) is 44.9. The van der Waals surface area contributed by atoms with Gasteiger partial charge in [0.2, 0.25) is 0 Å². The molecule has 281 valence electrons. The number of alkyl carbamates (subject to hydrolysis) is 1. The van der Waals surface area contributed by atoms with E-state index in [0.29, 0.717) is 27.4 Å². The largest absolute Gasteiger partial charge is 0.461 e. The highest BCUT2D eigenvalue weighted by Gasteiger charge is 2.30. The van der Waals surface area contributed by atoms with Gasteiger partial charge in [-0.3, -0.25) is 4.79 Å². The molecule has 0 aromatic heterocycles. The van der Waals surface area contributed by atoms with Gasteiger partial charge >= 0.3 is 12.1 Å². The molecule has 1 aliphatic carbocycles. The molecule has 1 atom stereocenters. The van der Waals surface area contributed by atoms with E-state index < -0.39 is 23.7 Å². The Labute approximate surface area is 332 Å². The molecule has 7 rings (SSSR count). The summed E-state index contributed by atoms with van der Waals surface area (Å²) in [4.78, 5) is 40.3. The predicted octanol–water partition coefficient (Wildman–Crippen LogP) is 10.2. The maximum absolute atomic E-state index is 14.0. The van der Waals surface area contributed by atoms with Crippen molar-refractivity contribution >= 4 is 35.1 Å². The SMILES string of the molecule is CC(C)(C)OC(=O)N[C@@H](Cc1ccc(N)cc1)C(=O)c1ccc([C](c2ccccc2)c2ccc(C(=O)OCC3c4ccccc4-c4ccccc43)cc2Cl)cc1. The van der Waals surface area contributed by atoms with Crippen molar-refractivity contribution in [3.05, 3.63) is 201 Å². The van der Waals surface area contributed by atoms with Crippen LogP contribution < -0.4 is 11.1 Å². The summed E-state index contributed by atoms with van der Waals surface area (Å²) in [5.41, 5.74) is 14.4. The summed E-state index contributed by atoms with van der Waals surface area (Å²) >= 11 is 6.99. The second kappa shape index (κ2) is 16.3. The maximum atomic E-state index is 14.0. The summed E-state index contributed by atoms with van der Waals surface area (Å²) in [7, 11) is 0. The predicted molar refractivity (Wildman–Crippen MR) is 221 cm³/mol. The summed E-state index contributed by atoms with van der Waals surface area (Å²) in [6.45, 7) is 5.51. The number of fused-ring (bicyclic) bond motifs is 3. The van der Waals surface area contributed by atoms with E-state index in [1.807, 2.05) is 84.9 Å². The highest BCUT2D eigenvalue weighted by atomic mass is 35.5. The van der Waals surface area contributed by atoms with Gasteiger partial charge in [0, 0.05) is 28.6 Å². The number of nitrogens with one attached hydrogen (secondary N) is 1. The molecule has 0 bridgehead atoms. The lowest BCUT2D eigenvalue weighted by Gasteiger charge is -2.24. The minimum atomic E-state index is -0.892. The topological polar surface area (TPSA) is 108 Å². The van der Waals surface area contributed by atoms with Crippen molar-refractivity contribution in [2.24, 2.45) is 0 Å². The van der Waals surface area contributed by atoms with Crippen LogP contribution in [0.2, 0.25) is 5.02 Å². The minimum Gasteiger partial charge on any atom is -0.461 e. The second-order valence-electron chi connectivity index (χ2n) is 14.8. The number of ether oxygens (including phenoxy) is 2. The van der Waals surface area contributed by atoms with Crippen molar-refractivity contribution in [2.75, 3.05) is 12.3 Å². The molecule has 6 aromatic carbocycles. The third-order valence-electron chi connectivity index (χ3n) is 9.77. The van der Waals surface area contributed by atoms with Crippen LogP contribution in [0.5, 0.6) is 0 Å². The van der Waals surface area contributed by atoms with Gasteiger partial charge in [0.05, 0.1) is 17.5 Å². The third-order valence-corrected chi connectivity index (χ3v) is 10.1. The Balaban J connectivity index is 1.12. The first kappa shape index (κ1) is 38.1. The van der Waals surface area contributed by atoms with E-state index >= 15 is 0 Å². The van der Waals surface area contributed by atoms with Crippen LogP contribution in [0.25, 0.3) is 11.1 Å². The van der Waals surface area contributed by atoms with Crippen LogP contribution in [0.15, 0.2) is 146 Å². The summed E-state index contributed by atoms with van der Waals surface area (Å²) in [5, 5.41) is 3.15. The molecule has 0 spiro atoms. The zero-order valence-corrected chi connectivity index (χ0v) is 32.2. The number of Topliss-reactive ketones (excluding diaryl/α,β-unsaturated/α-hetero) is 1. The van der Waals surface area contributed by atoms with E-state index in [9.17, 15) is 14.4 Å². The lowest BCUT2D eigenvalue weighted by Crippen LogP contribution is -2.44. The molecule has 0 unspecified atom stereocenters. The zero-order valence-electron chi connectivity index (χ0n) is 31.4. The summed E-state index contributed by atoms with van der Waals surface area (Å²) in [6.07, 6.45) is -0.438. The normalized spacial score (nSPS) is 12.7. The Morgan fingerprint density at radius 3 is 1.86 bits per heavy atom. The van der Waals surface area contributed by atoms with Gasteiger partial charge in [0.25, 0.3) is 0 Å². The molecular weight excluding hydrogens is 720 g/mol. The number of ketones is 1. The fourth-order valence-corrected chi connectivity index (χ4v) is 7.43. The molecular formula is C48H42ClN2O5. The molecule has 56 heavy (non-hydrogen) atoms. The number of amides is 1. The highest BCUT2D eigenvalue weighted by Crippen LogP contribution is 2.44. The number of rotatable bonds is 11. The Kier molecular flexibility index (Phi) is 11.1. The smallest absolute Gasteiger partial charge is 0.408 e. The van der Waals surface area contributed by atoms with Crippen LogP contribution in [0.4, 0.5) is 10.5 Å². The van der Waals surface area contributed by atoms with Gasteiger partial charge in [-0.05, 0) is 89.5 Å². The number of nitrogens with two attached hydrogens (primary N) is 1. The summed E-state index contributed by atoms with van der Waals surface area (Å²) < 4.78 is 11.4. The van der Waals surface area contributed by atoms with Crippen LogP contribution in [-0.4, -0.2) is 36.1 Å². The van der Waals surface area contributed by atoms with E-state index in [-0.39, 0.29) is 24.7 Å². The first-order valence-corrected chi connectivity index (χ1v) is 18.9. The van der Waals surface area contributed by atoms with Gasteiger partial charge in [-0.2, -0.15) is 0 Å². The molecule has 6 aromatic rings. The monoisotopic (exact) mass is 761 g/mol. The number of benzene rings is 6. The summed E-state index contributed by atoms with van der Waals surface area (Å²) in [5.74, 6) is 0.0259. The van der Waals surface area contributed by atoms with Crippen LogP contribution in [0, 0.1) is 5.92 Å². The first-order chi connectivity index (χ1) is 26.9. The van der Waals surface area contributed by atoms with Crippen LogP contribution in [-0.2, 0) is 15.9 Å². The number of halogens is 1. The molecule has 1 radical (unpaired) electrons. The molecule has 3 N–H and O–H groups in total. The molecule has 1 aliphatic rings. The number of nitrogen functional groups attached to an aromatic ring is 1. The second-order valence-corrected chi connectivity index (χ2v) is 15.3. The van der Waals surface area contributed by atoms with Crippen molar-refractivity contribution in [3.63, 3.8) is 0 Å². The quantitative estimate of drug-likeness (QED) is 0.0589. The number of carbonyl (C=O) groups excluding carboxylic acids is 3. The fraction of sp³-hybridized carbons (Fsp3) is 0.167. The van der Waals surface area contributed by atoms with Gasteiger partial charge in [-0.1, -0.05) is 133 Å². The highest BCUT2D eigenvalue weighted by molar-refractivity contribution is 6.32. The van der Waals surface area contributed by atoms with Crippen molar-refractivity contribution in [1.29, 1.82) is 0 Å². The molecule has 0 saturated heterocycles. The van der Waals surface area contributed by atoms with Crippen molar-refractivity contribution in [1.82, 2.24) is 5.32 Å². The van der Waals surface area contributed by atoms with E-state index in [1.54, 1.807) is 57.2 Å². The van der Waals surface area contributed by atoms with E-state index in [2.05, 4.69) is 29.6 Å². The third kappa shape index (κ3) is 8.54. The average molecular weight is 762 g/mol. The zero-order chi connectivity index (χ0) is 39.4. The molecule has 0 fully saturated rings.